The van der Waals surface area contributed by atoms with Crippen LogP contribution in [0.25, 0.3) is 10.9 Å². The summed E-state index contributed by atoms with van der Waals surface area (Å²) in [7, 11) is -0.468. The van der Waals surface area contributed by atoms with Gasteiger partial charge in [-0.15, -0.1) is 0 Å². The molecule has 0 unspecified atom stereocenters. The van der Waals surface area contributed by atoms with Crippen LogP contribution in [0, 0.1) is 0 Å². The van der Waals surface area contributed by atoms with Gasteiger partial charge in [0.15, 0.2) is 0 Å². The number of fused-ring (bicyclic) bond motifs is 1. The first-order valence-corrected chi connectivity index (χ1v) is 7.24. The lowest BCUT2D eigenvalue weighted by atomic mass is 9.78. The molecule has 0 atom stereocenters. The van der Waals surface area contributed by atoms with Gasteiger partial charge in [-0.1, -0.05) is 18.2 Å². The summed E-state index contributed by atoms with van der Waals surface area (Å²) < 4.78 is 37.4. The van der Waals surface area contributed by atoms with Crippen molar-refractivity contribution in [1.29, 1.82) is 0 Å². The molecule has 1 fully saturated rings. The molecule has 0 aliphatic carbocycles. The van der Waals surface area contributed by atoms with E-state index in [0.29, 0.717) is 5.52 Å². The topological polar surface area (TPSA) is 31.4 Å². The Hall–Kier alpha value is -1.53. The maximum Gasteiger partial charge on any atom is 0.494 e. The van der Waals surface area contributed by atoms with Crippen LogP contribution in [-0.2, 0) is 9.31 Å². The van der Waals surface area contributed by atoms with Gasteiger partial charge < -0.3 is 9.31 Å². The lowest BCUT2D eigenvalue weighted by molar-refractivity contribution is 0.00578. The maximum absolute atomic E-state index is 12.7. The van der Waals surface area contributed by atoms with E-state index in [1.54, 1.807) is 12.1 Å². The zero-order valence-corrected chi connectivity index (χ0v) is 13.1. The minimum atomic E-state index is -2.56. The monoisotopic (exact) mass is 305 g/mol. The minimum Gasteiger partial charge on any atom is -0.399 e. The Balaban J connectivity index is 1.95. The highest BCUT2D eigenvalue weighted by Gasteiger charge is 2.51. The first-order chi connectivity index (χ1) is 10.2. The van der Waals surface area contributed by atoms with E-state index in [9.17, 15) is 8.78 Å². The van der Waals surface area contributed by atoms with Gasteiger partial charge in [0.1, 0.15) is 5.69 Å². The molecule has 0 saturated carbocycles. The number of benzene rings is 1. The third kappa shape index (κ3) is 2.50. The number of nitrogens with zero attached hydrogens (tertiary/aromatic N) is 1. The molecule has 1 aromatic heterocycles. The van der Waals surface area contributed by atoms with Crippen LogP contribution in [0.3, 0.4) is 0 Å². The molecule has 3 rings (SSSR count). The Morgan fingerprint density at radius 2 is 1.64 bits per heavy atom. The number of aromatic nitrogens is 1. The van der Waals surface area contributed by atoms with Crippen LogP contribution in [0.5, 0.6) is 0 Å². The van der Waals surface area contributed by atoms with Gasteiger partial charge in [0, 0.05) is 0 Å². The number of pyridine rings is 1. The molecule has 2 aromatic rings. The summed E-state index contributed by atoms with van der Waals surface area (Å²) in [5.41, 5.74) is 0.362. The predicted molar refractivity (Wildman–Crippen MR) is 82.4 cm³/mol. The quantitative estimate of drug-likeness (QED) is 0.796. The van der Waals surface area contributed by atoms with E-state index in [0.717, 1.165) is 10.8 Å². The molecule has 3 nitrogen and oxygen atoms in total. The summed E-state index contributed by atoms with van der Waals surface area (Å²) >= 11 is 0. The van der Waals surface area contributed by atoms with E-state index in [4.69, 9.17) is 9.31 Å². The van der Waals surface area contributed by atoms with E-state index < -0.39 is 24.7 Å². The third-order valence-electron chi connectivity index (χ3n) is 4.48. The Morgan fingerprint density at radius 1 is 1.00 bits per heavy atom. The molecular weight excluding hydrogens is 287 g/mol. The van der Waals surface area contributed by atoms with Gasteiger partial charge >= 0.3 is 7.12 Å². The smallest absolute Gasteiger partial charge is 0.399 e. The van der Waals surface area contributed by atoms with Crippen LogP contribution in [0.1, 0.15) is 39.8 Å². The number of rotatable bonds is 2. The molecule has 1 aromatic carbocycles. The second kappa shape index (κ2) is 5.00. The molecule has 0 spiro atoms. The van der Waals surface area contributed by atoms with E-state index in [-0.39, 0.29) is 5.69 Å². The van der Waals surface area contributed by atoms with Crippen molar-refractivity contribution < 1.29 is 18.1 Å². The average Bonchev–Trinajstić information content (AvgIpc) is 2.66. The van der Waals surface area contributed by atoms with Crippen molar-refractivity contribution in [2.24, 2.45) is 0 Å². The van der Waals surface area contributed by atoms with E-state index in [1.807, 2.05) is 39.8 Å². The van der Waals surface area contributed by atoms with Crippen LogP contribution in [0.2, 0.25) is 0 Å². The van der Waals surface area contributed by atoms with Gasteiger partial charge in [-0.3, -0.25) is 0 Å². The fourth-order valence-corrected chi connectivity index (χ4v) is 2.41. The molecule has 22 heavy (non-hydrogen) atoms. The van der Waals surface area contributed by atoms with E-state index in [1.165, 1.54) is 6.07 Å². The SMILES string of the molecule is CC1(C)OB(c2ccc3nc(C(F)F)ccc3c2)OC1(C)C. The number of halogens is 2. The summed E-state index contributed by atoms with van der Waals surface area (Å²) in [6.07, 6.45) is -2.56. The van der Waals surface area contributed by atoms with E-state index >= 15 is 0 Å². The second-order valence-corrected chi connectivity index (χ2v) is 6.58. The summed E-state index contributed by atoms with van der Waals surface area (Å²) in [6, 6.07) is 8.41. The van der Waals surface area contributed by atoms with Gasteiger partial charge in [-0.05, 0) is 50.7 Å². The summed E-state index contributed by atoms with van der Waals surface area (Å²) in [4.78, 5) is 3.97. The van der Waals surface area contributed by atoms with Crippen molar-refractivity contribution in [3.63, 3.8) is 0 Å². The molecule has 1 aliphatic heterocycles. The summed E-state index contributed by atoms with van der Waals surface area (Å²) in [5.74, 6) is 0. The average molecular weight is 305 g/mol. The van der Waals surface area contributed by atoms with Crippen molar-refractivity contribution in [2.75, 3.05) is 0 Å². The number of hydrogen-bond donors (Lipinski definition) is 0. The molecule has 6 heteroatoms. The molecule has 1 aliphatic rings. The fraction of sp³-hybridized carbons (Fsp3) is 0.438. The summed E-state index contributed by atoms with van der Waals surface area (Å²) in [6.45, 7) is 7.96. The van der Waals surface area contributed by atoms with Gasteiger partial charge in [0.25, 0.3) is 6.43 Å². The highest BCUT2D eigenvalue weighted by atomic mass is 19.3. The number of alkyl halides is 2. The molecule has 0 amide bonds. The molecule has 0 N–H and O–H groups in total. The lowest BCUT2D eigenvalue weighted by Gasteiger charge is -2.32. The van der Waals surface area contributed by atoms with Crippen molar-refractivity contribution in [3.05, 3.63) is 36.0 Å². The lowest BCUT2D eigenvalue weighted by Crippen LogP contribution is -2.41. The first kappa shape index (κ1) is 15.4. The Kier molecular flexibility index (Phi) is 3.49. The molecule has 0 bridgehead atoms. The first-order valence-electron chi connectivity index (χ1n) is 7.24. The third-order valence-corrected chi connectivity index (χ3v) is 4.48. The van der Waals surface area contributed by atoms with Gasteiger partial charge in [-0.2, -0.15) is 0 Å². The second-order valence-electron chi connectivity index (χ2n) is 6.58. The highest BCUT2D eigenvalue weighted by molar-refractivity contribution is 6.62. The molecular formula is C16H18BF2NO2. The van der Waals surface area contributed by atoms with Crippen LogP contribution in [0.4, 0.5) is 8.78 Å². The predicted octanol–water partition coefficient (Wildman–Crippen LogP) is 3.47. The molecule has 0 radical (unpaired) electrons. The molecule has 1 saturated heterocycles. The van der Waals surface area contributed by atoms with Crippen LogP contribution >= 0.6 is 0 Å². The highest BCUT2D eigenvalue weighted by Crippen LogP contribution is 2.36. The molecule has 116 valence electrons. The largest absolute Gasteiger partial charge is 0.494 e. The fourth-order valence-electron chi connectivity index (χ4n) is 2.41. The zero-order chi connectivity index (χ0) is 16.1. The normalized spacial score (nSPS) is 20.0. The zero-order valence-electron chi connectivity index (χ0n) is 13.1. The van der Waals surface area contributed by atoms with Crippen molar-refractivity contribution >= 4 is 23.5 Å². The Morgan fingerprint density at radius 3 is 2.23 bits per heavy atom. The van der Waals surface area contributed by atoms with Crippen LogP contribution in [0.15, 0.2) is 30.3 Å². The van der Waals surface area contributed by atoms with Gasteiger partial charge in [-0.25, -0.2) is 13.8 Å². The van der Waals surface area contributed by atoms with Crippen molar-refractivity contribution in [3.8, 4) is 0 Å². The number of hydrogen-bond acceptors (Lipinski definition) is 3. The Bertz CT molecular complexity index is 702. The minimum absolute atomic E-state index is 0.212. The van der Waals surface area contributed by atoms with E-state index in [2.05, 4.69) is 4.98 Å². The van der Waals surface area contributed by atoms with Crippen LogP contribution in [-0.4, -0.2) is 23.3 Å². The van der Waals surface area contributed by atoms with Crippen LogP contribution < -0.4 is 5.46 Å². The standard InChI is InChI=1S/C16H18BF2NO2/c1-15(2)16(3,4)22-17(21-15)11-6-8-12-10(9-11)5-7-13(20-12)14(18)19/h5-9,14H,1-4H3. The van der Waals surface area contributed by atoms with Gasteiger partial charge in [0.05, 0.1) is 16.7 Å². The Labute approximate surface area is 128 Å². The van der Waals surface area contributed by atoms with Crippen molar-refractivity contribution in [1.82, 2.24) is 4.98 Å². The van der Waals surface area contributed by atoms with Crippen molar-refractivity contribution in [2.45, 2.75) is 45.3 Å². The summed E-state index contributed by atoms with van der Waals surface area (Å²) in [5, 5.41) is 0.789. The maximum atomic E-state index is 12.7. The molecule has 2 heterocycles. The van der Waals surface area contributed by atoms with Gasteiger partial charge in [0.2, 0.25) is 0 Å².